The Balaban J connectivity index is 2.26. The van der Waals surface area contributed by atoms with Crippen molar-refractivity contribution in [2.75, 3.05) is 0 Å². The second kappa shape index (κ2) is 5.15. The van der Waals surface area contributed by atoms with Crippen LogP contribution < -0.4 is 10.6 Å². The first-order valence-corrected chi connectivity index (χ1v) is 8.97. The summed E-state index contributed by atoms with van der Waals surface area (Å²) < 4.78 is 0. The standard InChI is InChI=1S/C17H13PS/c19-18(17-13-7-8-14-17,15-9-3-1-4-10-15)16-11-5-2-6-12-16/h1-13H. The van der Waals surface area contributed by atoms with Crippen molar-refractivity contribution in [3.63, 3.8) is 0 Å². The van der Waals surface area contributed by atoms with Crippen LogP contribution in [0.15, 0.2) is 89.9 Å². The van der Waals surface area contributed by atoms with Gasteiger partial charge in [-0.1, -0.05) is 78.5 Å². The number of allylic oxidation sites excluding steroid dienone is 3. The third kappa shape index (κ3) is 2.17. The van der Waals surface area contributed by atoms with Crippen LogP contribution >= 0.6 is 6.04 Å². The molecule has 1 aliphatic carbocycles. The van der Waals surface area contributed by atoms with Crippen LogP contribution in [0.2, 0.25) is 0 Å². The smallest absolute Gasteiger partial charge is 0.0453 e. The molecule has 1 aliphatic rings. The van der Waals surface area contributed by atoms with Gasteiger partial charge in [0.15, 0.2) is 0 Å². The molecule has 2 heteroatoms. The number of rotatable bonds is 3. The summed E-state index contributed by atoms with van der Waals surface area (Å²) in [4.78, 5) is 0. The lowest BCUT2D eigenvalue weighted by Crippen LogP contribution is -2.16. The van der Waals surface area contributed by atoms with Gasteiger partial charge in [-0.3, -0.25) is 0 Å². The van der Waals surface area contributed by atoms with Gasteiger partial charge in [0.2, 0.25) is 0 Å². The second-order valence-corrected chi connectivity index (χ2v) is 8.71. The van der Waals surface area contributed by atoms with Gasteiger partial charge in [0.05, 0.1) is 0 Å². The van der Waals surface area contributed by atoms with E-state index in [1.165, 1.54) is 10.6 Å². The predicted molar refractivity (Wildman–Crippen MR) is 87.2 cm³/mol. The van der Waals surface area contributed by atoms with Crippen molar-refractivity contribution in [2.45, 2.75) is 0 Å². The third-order valence-electron chi connectivity index (χ3n) is 3.16. The highest BCUT2D eigenvalue weighted by Crippen LogP contribution is 2.52. The van der Waals surface area contributed by atoms with E-state index in [9.17, 15) is 0 Å². The minimum atomic E-state index is -1.95. The Bertz CT molecular complexity index is 677. The van der Waals surface area contributed by atoms with E-state index in [1.54, 1.807) is 0 Å². The maximum absolute atomic E-state index is 6.13. The molecule has 3 rings (SSSR count). The molecule has 0 unspecified atom stereocenters. The van der Waals surface area contributed by atoms with Crippen LogP contribution in [0, 0.1) is 0 Å². The first-order valence-electron chi connectivity index (χ1n) is 6.17. The third-order valence-corrected chi connectivity index (χ3v) is 8.02. The summed E-state index contributed by atoms with van der Waals surface area (Å²) in [5.74, 6) is 0. The molecule has 0 atom stereocenters. The van der Waals surface area contributed by atoms with Gasteiger partial charge in [0.1, 0.15) is 0 Å². The van der Waals surface area contributed by atoms with E-state index in [-0.39, 0.29) is 0 Å². The Morgan fingerprint density at radius 1 is 0.789 bits per heavy atom. The summed E-state index contributed by atoms with van der Waals surface area (Å²) in [5, 5.41) is 3.58. The van der Waals surface area contributed by atoms with Crippen LogP contribution in [0.3, 0.4) is 0 Å². The van der Waals surface area contributed by atoms with Gasteiger partial charge in [0.25, 0.3) is 0 Å². The molecule has 0 nitrogen and oxygen atoms in total. The van der Waals surface area contributed by atoms with Crippen molar-refractivity contribution < 1.29 is 0 Å². The number of hydrogen-bond acceptors (Lipinski definition) is 1. The lowest BCUT2D eigenvalue weighted by molar-refractivity contribution is 1.74. The van der Waals surface area contributed by atoms with Gasteiger partial charge >= 0.3 is 0 Å². The first kappa shape index (κ1) is 12.4. The SMILES string of the molecule is S=P(C1=C=CC=C1)(c1ccccc1)c1ccccc1. The van der Waals surface area contributed by atoms with E-state index >= 15 is 0 Å². The average molecular weight is 280 g/mol. The topological polar surface area (TPSA) is 0 Å². The molecule has 0 fully saturated rings. The van der Waals surface area contributed by atoms with Gasteiger partial charge in [0, 0.05) is 11.4 Å². The molecule has 92 valence electrons. The highest BCUT2D eigenvalue weighted by molar-refractivity contribution is 8.24. The Morgan fingerprint density at radius 3 is 1.74 bits per heavy atom. The van der Waals surface area contributed by atoms with E-state index in [2.05, 4.69) is 60.3 Å². The van der Waals surface area contributed by atoms with Gasteiger partial charge < -0.3 is 0 Å². The zero-order valence-corrected chi connectivity index (χ0v) is 12.1. The van der Waals surface area contributed by atoms with Gasteiger partial charge in [-0.2, -0.15) is 0 Å². The molecular weight excluding hydrogens is 267 g/mol. The van der Waals surface area contributed by atoms with Crippen LogP contribution in [-0.2, 0) is 11.8 Å². The highest BCUT2D eigenvalue weighted by Gasteiger charge is 2.25. The molecule has 0 radical (unpaired) electrons. The Hall–Kier alpha value is -1.65. The van der Waals surface area contributed by atoms with Crippen LogP contribution in [0.1, 0.15) is 0 Å². The minimum absolute atomic E-state index is 1.14. The fraction of sp³-hybridized carbons (Fsp3) is 0. The molecule has 0 heterocycles. The summed E-state index contributed by atoms with van der Waals surface area (Å²) in [6.45, 7) is 0. The normalized spacial score (nSPS) is 13.6. The van der Waals surface area contributed by atoms with E-state index in [1.807, 2.05) is 24.3 Å². The zero-order valence-electron chi connectivity index (χ0n) is 10.4. The summed E-state index contributed by atoms with van der Waals surface area (Å²) in [6.07, 6.45) is 6.06. The molecule has 2 aromatic rings. The maximum Gasteiger partial charge on any atom is 0.0453 e. The monoisotopic (exact) mass is 280 g/mol. The molecule has 2 aromatic carbocycles. The molecule has 0 aliphatic heterocycles. The van der Waals surface area contributed by atoms with Crippen molar-refractivity contribution >= 4 is 28.5 Å². The molecule has 0 aromatic heterocycles. The van der Waals surface area contributed by atoms with Crippen LogP contribution in [0.4, 0.5) is 0 Å². The van der Waals surface area contributed by atoms with E-state index < -0.39 is 6.04 Å². The minimum Gasteiger partial charge on any atom is -0.111 e. The Labute approximate surface area is 118 Å². The summed E-state index contributed by atoms with van der Waals surface area (Å²) in [7, 11) is 0. The fourth-order valence-corrected chi connectivity index (χ4v) is 5.88. The zero-order chi connectivity index (χ0) is 13.1. The summed E-state index contributed by atoms with van der Waals surface area (Å²) >= 11 is 6.13. The predicted octanol–water partition coefficient (Wildman–Crippen LogP) is 3.73. The van der Waals surface area contributed by atoms with Crippen molar-refractivity contribution in [3.05, 3.63) is 89.9 Å². The van der Waals surface area contributed by atoms with Gasteiger partial charge in [-0.15, -0.1) is 5.73 Å². The lowest BCUT2D eigenvalue weighted by Gasteiger charge is -2.22. The van der Waals surface area contributed by atoms with Crippen molar-refractivity contribution in [2.24, 2.45) is 0 Å². The van der Waals surface area contributed by atoms with E-state index in [0.717, 1.165) is 5.31 Å². The number of benzene rings is 2. The number of hydrogen-bond donors (Lipinski definition) is 0. The van der Waals surface area contributed by atoms with Gasteiger partial charge in [-0.25, -0.2) is 0 Å². The quantitative estimate of drug-likeness (QED) is 0.610. The van der Waals surface area contributed by atoms with E-state index in [0.29, 0.717) is 0 Å². The van der Waals surface area contributed by atoms with Crippen molar-refractivity contribution in [1.29, 1.82) is 0 Å². The van der Waals surface area contributed by atoms with E-state index in [4.69, 9.17) is 11.8 Å². The van der Waals surface area contributed by atoms with Crippen LogP contribution in [-0.4, -0.2) is 0 Å². The Morgan fingerprint density at radius 2 is 1.32 bits per heavy atom. The van der Waals surface area contributed by atoms with Gasteiger partial charge in [-0.05, 0) is 22.8 Å². The summed E-state index contributed by atoms with van der Waals surface area (Å²) in [5.41, 5.74) is 3.32. The lowest BCUT2D eigenvalue weighted by atomic mass is 10.4. The molecule has 0 N–H and O–H groups in total. The average Bonchev–Trinajstić information content (AvgIpc) is 3.03. The van der Waals surface area contributed by atoms with Crippen molar-refractivity contribution in [1.82, 2.24) is 0 Å². The second-order valence-electron chi connectivity index (χ2n) is 4.34. The molecule has 0 saturated heterocycles. The fourth-order valence-electron chi connectivity index (χ4n) is 2.22. The molecule has 0 amide bonds. The highest BCUT2D eigenvalue weighted by atomic mass is 32.4. The largest absolute Gasteiger partial charge is 0.111 e. The maximum atomic E-state index is 6.13. The Kier molecular flexibility index (Phi) is 3.36. The molecular formula is C17H13PS. The van der Waals surface area contributed by atoms with Crippen LogP contribution in [0.5, 0.6) is 0 Å². The molecule has 0 bridgehead atoms. The first-order chi connectivity index (χ1) is 9.32. The van der Waals surface area contributed by atoms with Crippen LogP contribution in [0.25, 0.3) is 0 Å². The molecule has 0 spiro atoms. The summed E-state index contributed by atoms with van der Waals surface area (Å²) in [6, 6.07) is 18.9. The molecule has 19 heavy (non-hydrogen) atoms. The van der Waals surface area contributed by atoms with Crippen molar-refractivity contribution in [3.8, 4) is 0 Å². The molecule has 0 saturated carbocycles.